The molecular formula is C21H23FN4O3. The Morgan fingerprint density at radius 2 is 2.03 bits per heavy atom. The van der Waals surface area contributed by atoms with Gasteiger partial charge < -0.3 is 13.8 Å². The molecule has 1 fully saturated rings. The van der Waals surface area contributed by atoms with E-state index in [0.717, 1.165) is 36.4 Å². The van der Waals surface area contributed by atoms with Crippen molar-refractivity contribution >= 4 is 5.91 Å². The first kappa shape index (κ1) is 19.3. The summed E-state index contributed by atoms with van der Waals surface area (Å²) < 4.78 is 24.1. The van der Waals surface area contributed by atoms with Gasteiger partial charge in [-0.05, 0) is 57.4 Å². The van der Waals surface area contributed by atoms with Crippen LogP contribution < -0.4 is 0 Å². The van der Waals surface area contributed by atoms with Gasteiger partial charge in [0.2, 0.25) is 17.7 Å². The lowest BCUT2D eigenvalue weighted by atomic mass is 9.97. The number of halogens is 1. The number of aryl methyl sites for hydroxylation is 2. The molecule has 1 atom stereocenters. The van der Waals surface area contributed by atoms with Gasteiger partial charge in [-0.15, -0.1) is 10.2 Å². The smallest absolute Gasteiger partial charge is 0.247 e. The maximum absolute atomic E-state index is 13.1. The Balaban J connectivity index is 1.39. The van der Waals surface area contributed by atoms with Crippen LogP contribution in [0.1, 0.15) is 48.1 Å². The van der Waals surface area contributed by atoms with E-state index in [0.29, 0.717) is 36.7 Å². The molecule has 3 aromatic rings. The summed E-state index contributed by atoms with van der Waals surface area (Å²) in [6, 6.07) is 5.94. The monoisotopic (exact) mass is 398 g/mol. The Labute approximate surface area is 167 Å². The fraction of sp³-hybridized carbons (Fsp3) is 0.429. The highest BCUT2D eigenvalue weighted by Gasteiger charge is 2.28. The highest BCUT2D eigenvalue weighted by Crippen LogP contribution is 2.29. The highest BCUT2D eigenvalue weighted by atomic mass is 19.1. The number of carbonyl (C=O) groups excluding carboxylic acids is 1. The van der Waals surface area contributed by atoms with Gasteiger partial charge in [-0.2, -0.15) is 0 Å². The summed E-state index contributed by atoms with van der Waals surface area (Å²) in [5.74, 6) is 1.45. The second-order valence-electron chi connectivity index (χ2n) is 7.43. The van der Waals surface area contributed by atoms with Crippen LogP contribution >= 0.6 is 0 Å². The molecule has 0 spiro atoms. The fourth-order valence-corrected chi connectivity index (χ4v) is 3.76. The van der Waals surface area contributed by atoms with Crippen molar-refractivity contribution in [2.24, 2.45) is 0 Å². The van der Waals surface area contributed by atoms with E-state index in [2.05, 4.69) is 15.4 Å². The molecule has 1 saturated heterocycles. The van der Waals surface area contributed by atoms with Gasteiger partial charge in [0, 0.05) is 30.6 Å². The first-order chi connectivity index (χ1) is 14.0. The lowest BCUT2D eigenvalue weighted by Crippen LogP contribution is -2.39. The molecule has 0 bridgehead atoms. The summed E-state index contributed by atoms with van der Waals surface area (Å²) in [5, 5.41) is 12.2. The molecule has 1 aromatic carbocycles. The molecule has 1 unspecified atom stereocenters. The second-order valence-corrected chi connectivity index (χ2v) is 7.43. The fourth-order valence-electron chi connectivity index (χ4n) is 3.76. The van der Waals surface area contributed by atoms with Gasteiger partial charge in [0.1, 0.15) is 11.6 Å². The molecule has 8 heteroatoms. The third-order valence-electron chi connectivity index (χ3n) is 5.43. The standard InChI is InChI=1S/C21H23FN4O3/c1-13-18(14(2)29-25-13)9-10-19(27)26-11-3-4-16(12-26)21-24-23-20(28-21)15-5-7-17(22)8-6-15/h5-8,16H,3-4,9-12H2,1-2H3. The van der Waals surface area contributed by atoms with Crippen molar-refractivity contribution in [2.75, 3.05) is 13.1 Å². The number of aromatic nitrogens is 3. The summed E-state index contributed by atoms with van der Waals surface area (Å²) in [4.78, 5) is 14.6. The number of amides is 1. The topological polar surface area (TPSA) is 85.3 Å². The number of likely N-dealkylation sites (tertiary alicyclic amines) is 1. The molecule has 0 N–H and O–H groups in total. The molecule has 1 amide bonds. The van der Waals surface area contributed by atoms with Crippen LogP contribution in [0.3, 0.4) is 0 Å². The zero-order valence-corrected chi connectivity index (χ0v) is 16.5. The van der Waals surface area contributed by atoms with Crippen LogP contribution in [0.2, 0.25) is 0 Å². The van der Waals surface area contributed by atoms with Gasteiger partial charge in [0.25, 0.3) is 0 Å². The first-order valence-corrected chi connectivity index (χ1v) is 9.80. The number of nitrogens with zero attached hydrogens (tertiary/aromatic N) is 4. The van der Waals surface area contributed by atoms with Crippen LogP contribution in [0, 0.1) is 19.7 Å². The van der Waals surface area contributed by atoms with E-state index < -0.39 is 0 Å². The molecule has 0 saturated carbocycles. The largest absolute Gasteiger partial charge is 0.420 e. The normalized spacial score (nSPS) is 16.9. The molecule has 1 aliphatic rings. The van der Waals surface area contributed by atoms with Crippen LogP contribution in [0.25, 0.3) is 11.5 Å². The Hall–Kier alpha value is -3.03. The van der Waals surface area contributed by atoms with Crippen molar-refractivity contribution in [3.8, 4) is 11.5 Å². The van der Waals surface area contributed by atoms with Crippen LogP contribution in [-0.2, 0) is 11.2 Å². The van der Waals surface area contributed by atoms with Crippen LogP contribution in [-0.4, -0.2) is 39.3 Å². The SMILES string of the molecule is Cc1noc(C)c1CCC(=O)N1CCCC(c2nnc(-c3ccc(F)cc3)o2)C1. The predicted molar refractivity (Wildman–Crippen MR) is 103 cm³/mol. The van der Waals surface area contributed by atoms with E-state index in [1.54, 1.807) is 12.1 Å². The van der Waals surface area contributed by atoms with E-state index >= 15 is 0 Å². The van der Waals surface area contributed by atoms with Crippen molar-refractivity contribution < 1.29 is 18.1 Å². The van der Waals surface area contributed by atoms with Crippen molar-refractivity contribution in [2.45, 2.75) is 45.4 Å². The summed E-state index contributed by atoms with van der Waals surface area (Å²) >= 11 is 0. The summed E-state index contributed by atoms with van der Waals surface area (Å²) in [7, 11) is 0. The second kappa shape index (κ2) is 8.14. The molecule has 4 rings (SSSR count). The predicted octanol–water partition coefficient (Wildman–Crippen LogP) is 3.82. The van der Waals surface area contributed by atoms with Gasteiger partial charge in [0.05, 0.1) is 11.6 Å². The Morgan fingerprint density at radius 1 is 1.24 bits per heavy atom. The van der Waals surface area contributed by atoms with Crippen LogP contribution in [0.5, 0.6) is 0 Å². The van der Waals surface area contributed by atoms with Gasteiger partial charge in [0.15, 0.2) is 0 Å². The quantitative estimate of drug-likeness (QED) is 0.650. The zero-order valence-electron chi connectivity index (χ0n) is 16.5. The molecule has 29 heavy (non-hydrogen) atoms. The average Bonchev–Trinajstić information content (AvgIpc) is 3.34. The number of benzene rings is 1. The molecular weight excluding hydrogens is 375 g/mol. The Bertz CT molecular complexity index is 976. The number of hydrogen-bond donors (Lipinski definition) is 0. The van der Waals surface area contributed by atoms with Crippen molar-refractivity contribution in [3.63, 3.8) is 0 Å². The van der Waals surface area contributed by atoms with E-state index in [1.807, 2.05) is 18.7 Å². The minimum Gasteiger partial charge on any atom is -0.420 e. The van der Waals surface area contributed by atoms with Gasteiger partial charge in [-0.3, -0.25) is 4.79 Å². The lowest BCUT2D eigenvalue weighted by Gasteiger charge is -2.31. The number of piperidine rings is 1. The maximum atomic E-state index is 13.1. The van der Waals surface area contributed by atoms with Crippen LogP contribution in [0.15, 0.2) is 33.2 Å². The lowest BCUT2D eigenvalue weighted by molar-refractivity contribution is -0.132. The molecule has 3 heterocycles. The van der Waals surface area contributed by atoms with E-state index in [9.17, 15) is 9.18 Å². The molecule has 152 valence electrons. The van der Waals surface area contributed by atoms with E-state index in [1.165, 1.54) is 12.1 Å². The van der Waals surface area contributed by atoms with Crippen molar-refractivity contribution in [1.82, 2.24) is 20.3 Å². The molecule has 1 aliphatic heterocycles. The molecule has 0 radical (unpaired) electrons. The third-order valence-corrected chi connectivity index (χ3v) is 5.43. The maximum Gasteiger partial charge on any atom is 0.247 e. The average molecular weight is 398 g/mol. The number of rotatable bonds is 5. The zero-order chi connectivity index (χ0) is 20.4. The molecule has 0 aliphatic carbocycles. The van der Waals surface area contributed by atoms with Crippen molar-refractivity contribution in [1.29, 1.82) is 0 Å². The van der Waals surface area contributed by atoms with Crippen LogP contribution in [0.4, 0.5) is 4.39 Å². The molecule has 7 nitrogen and oxygen atoms in total. The molecule has 2 aromatic heterocycles. The third kappa shape index (κ3) is 4.21. The minimum absolute atomic E-state index is 0.00784. The number of hydrogen-bond acceptors (Lipinski definition) is 6. The Kier molecular flexibility index (Phi) is 5.42. The van der Waals surface area contributed by atoms with E-state index in [4.69, 9.17) is 8.94 Å². The number of carbonyl (C=O) groups is 1. The summed E-state index contributed by atoms with van der Waals surface area (Å²) in [6.07, 6.45) is 2.81. The summed E-state index contributed by atoms with van der Waals surface area (Å²) in [6.45, 7) is 5.05. The van der Waals surface area contributed by atoms with Gasteiger partial charge >= 0.3 is 0 Å². The summed E-state index contributed by atoms with van der Waals surface area (Å²) in [5.41, 5.74) is 2.52. The van der Waals surface area contributed by atoms with E-state index in [-0.39, 0.29) is 17.6 Å². The van der Waals surface area contributed by atoms with Crippen molar-refractivity contribution in [3.05, 3.63) is 53.0 Å². The van der Waals surface area contributed by atoms with Gasteiger partial charge in [-0.25, -0.2) is 4.39 Å². The minimum atomic E-state index is -0.313. The Morgan fingerprint density at radius 3 is 2.76 bits per heavy atom. The van der Waals surface area contributed by atoms with Gasteiger partial charge in [-0.1, -0.05) is 5.16 Å². The first-order valence-electron chi connectivity index (χ1n) is 9.80. The highest BCUT2D eigenvalue weighted by molar-refractivity contribution is 5.76.